The molecule has 40 heavy (non-hydrogen) atoms. The second-order valence-electron chi connectivity index (χ2n) is 10.8. The van der Waals surface area contributed by atoms with Crippen LogP contribution >= 0.6 is 0 Å². The highest BCUT2D eigenvalue weighted by atomic mass is 16.6. The van der Waals surface area contributed by atoms with E-state index in [1.54, 1.807) is 12.1 Å². The van der Waals surface area contributed by atoms with E-state index < -0.39 is 11.9 Å². The number of carboxylic acid groups (broad SMARTS) is 2. The molecule has 2 aliphatic heterocycles. The van der Waals surface area contributed by atoms with Gasteiger partial charge in [0.1, 0.15) is 36.9 Å². The van der Waals surface area contributed by atoms with Crippen LogP contribution in [-0.4, -0.2) is 60.8 Å². The second-order valence-corrected chi connectivity index (χ2v) is 10.8. The van der Waals surface area contributed by atoms with Crippen molar-refractivity contribution in [2.24, 2.45) is 0 Å². The lowest BCUT2D eigenvalue weighted by Crippen LogP contribution is -2.11. The molecule has 3 aromatic rings. The first-order chi connectivity index (χ1) is 19.0. The third-order valence-electron chi connectivity index (χ3n) is 7.57. The van der Waals surface area contributed by atoms with Crippen LogP contribution in [0.4, 0.5) is 0 Å². The van der Waals surface area contributed by atoms with Crippen LogP contribution in [0.5, 0.6) is 11.5 Å². The summed E-state index contributed by atoms with van der Waals surface area (Å²) in [7, 11) is 0. The van der Waals surface area contributed by atoms with E-state index in [1.165, 1.54) is 0 Å². The van der Waals surface area contributed by atoms with Crippen LogP contribution in [0.3, 0.4) is 0 Å². The number of benzene rings is 3. The van der Waals surface area contributed by atoms with Crippen molar-refractivity contribution in [2.75, 3.05) is 26.4 Å². The predicted molar refractivity (Wildman–Crippen MR) is 150 cm³/mol. The van der Waals surface area contributed by atoms with E-state index in [4.69, 9.17) is 18.9 Å². The molecule has 0 aromatic heterocycles. The van der Waals surface area contributed by atoms with E-state index in [0.717, 1.165) is 44.5 Å². The molecule has 0 amide bonds. The number of carboxylic acids is 2. The van der Waals surface area contributed by atoms with Gasteiger partial charge in [0.2, 0.25) is 0 Å². The number of ether oxygens (including phenoxy) is 4. The number of carbonyl (C=O) groups is 2. The van der Waals surface area contributed by atoms with Gasteiger partial charge in [0.05, 0.1) is 24.3 Å². The van der Waals surface area contributed by atoms with Crippen LogP contribution in [0.2, 0.25) is 0 Å². The van der Waals surface area contributed by atoms with Crippen molar-refractivity contribution >= 4 is 11.9 Å². The fourth-order valence-corrected chi connectivity index (χ4v) is 5.59. The number of rotatable bonds is 10. The standard InChI is InChI=1S/C32H34O8/c1-15-7-21(27-19(5)29(39-13-22-11-37-22)17(3)9-24(27)31(33)34)8-16(2)26(15)28-20(6)30(40-14-23-12-38-23)18(4)10-25(28)32(35)36/h7-10,22-23H,11-14H2,1-6H3,(H,33,34)(H,35,36). The maximum Gasteiger partial charge on any atom is 0.336 e. The second kappa shape index (κ2) is 10.6. The summed E-state index contributed by atoms with van der Waals surface area (Å²) in [5.41, 5.74) is 7.69. The number of epoxide rings is 2. The maximum absolute atomic E-state index is 12.4. The van der Waals surface area contributed by atoms with E-state index in [0.29, 0.717) is 49.1 Å². The number of hydrogen-bond acceptors (Lipinski definition) is 6. The molecular weight excluding hydrogens is 512 g/mol. The van der Waals surface area contributed by atoms with E-state index >= 15 is 0 Å². The maximum atomic E-state index is 12.4. The topological polar surface area (TPSA) is 118 Å². The molecule has 8 heteroatoms. The first-order valence-corrected chi connectivity index (χ1v) is 13.3. The van der Waals surface area contributed by atoms with E-state index in [9.17, 15) is 19.8 Å². The summed E-state index contributed by atoms with van der Waals surface area (Å²) in [6, 6.07) is 7.14. The molecule has 0 saturated carbocycles. The van der Waals surface area contributed by atoms with Gasteiger partial charge in [-0.25, -0.2) is 9.59 Å². The van der Waals surface area contributed by atoms with Crippen LogP contribution in [0.15, 0.2) is 24.3 Å². The van der Waals surface area contributed by atoms with Crippen molar-refractivity contribution in [1.82, 2.24) is 0 Å². The smallest absolute Gasteiger partial charge is 0.336 e. The summed E-state index contributed by atoms with van der Waals surface area (Å²) >= 11 is 0. The van der Waals surface area contributed by atoms with Gasteiger partial charge < -0.3 is 29.2 Å². The average molecular weight is 547 g/mol. The Morgan fingerprint density at radius 1 is 0.675 bits per heavy atom. The molecule has 0 aliphatic carbocycles. The summed E-state index contributed by atoms with van der Waals surface area (Å²) in [4.78, 5) is 24.7. The van der Waals surface area contributed by atoms with Gasteiger partial charge in [0.15, 0.2) is 0 Å². The number of aryl methyl sites for hydroxylation is 4. The van der Waals surface area contributed by atoms with Gasteiger partial charge >= 0.3 is 11.9 Å². The minimum absolute atomic E-state index is 0.0657. The molecule has 0 spiro atoms. The van der Waals surface area contributed by atoms with E-state index in [2.05, 4.69) is 0 Å². The molecule has 2 unspecified atom stereocenters. The predicted octanol–water partition coefficient (Wildman–Crippen LogP) is 5.82. The monoisotopic (exact) mass is 546 g/mol. The van der Waals surface area contributed by atoms with Crippen LogP contribution in [0.1, 0.15) is 54.1 Å². The largest absolute Gasteiger partial charge is 0.490 e. The van der Waals surface area contributed by atoms with Crippen LogP contribution in [0, 0.1) is 41.5 Å². The molecule has 8 nitrogen and oxygen atoms in total. The highest BCUT2D eigenvalue weighted by molar-refractivity contribution is 6.01. The van der Waals surface area contributed by atoms with E-state index in [1.807, 2.05) is 53.7 Å². The lowest BCUT2D eigenvalue weighted by atomic mass is 9.84. The Labute approximate surface area is 233 Å². The van der Waals surface area contributed by atoms with Gasteiger partial charge in [0, 0.05) is 16.7 Å². The van der Waals surface area contributed by atoms with Gasteiger partial charge in [-0.05, 0) is 92.6 Å². The van der Waals surface area contributed by atoms with Crippen molar-refractivity contribution < 1.29 is 38.7 Å². The third-order valence-corrected chi connectivity index (χ3v) is 7.57. The van der Waals surface area contributed by atoms with Crippen LogP contribution in [-0.2, 0) is 9.47 Å². The van der Waals surface area contributed by atoms with Crippen molar-refractivity contribution in [3.05, 3.63) is 68.8 Å². The Kier molecular flexibility index (Phi) is 7.33. The molecule has 0 radical (unpaired) electrons. The van der Waals surface area contributed by atoms with Gasteiger partial charge in [-0.2, -0.15) is 0 Å². The first kappa shape index (κ1) is 27.7. The summed E-state index contributed by atoms with van der Waals surface area (Å²) < 4.78 is 22.7. The van der Waals surface area contributed by atoms with Crippen LogP contribution in [0.25, 0.3) is 22.3 Å². The molecule has 2 fully saturated rings. The molecule has 0 bridgehead atoms. The highest BCUT2D eigenvalue weighted by Gasteiger charge is 2.28. The summed E-state index contributed by atoms with van der Waals surface area (Å²) in [5, 5.41) is 20.2. The minimum atomic E-state index is -1.03. The lowest BCUT2D eigenvalue weighted by molar-refractivity contribution is 0.0686. The van der Waals surface area contributed by atoms with Crippen molar-refractivity contribution in [3.8, 4) is 33.8 Å². The van der Waals surface area contributed by atoms with Gasteiger partial charge in [-0.15, -0.1) is 0 Å². The molecule has 2 aliphatic rings. The van der Waals surface area contributed by atoms with Crippen molar-refractivity contribution in [1.29, 1.82) is 0 Å². The summed E-state index contributed by atoms with van der Waals surface area (Å²) in [6.07, 6.45) is 0.132. The van der Waals surface area contributed by atoms with Gasteiger partial charge in [-0.1, -0.05) is 12.1 Å². The molecular formula is C32H34O8. The lowest BCUT2D eigenvalue weighted by Gasteiger charge is -2.22. The first-order valence-electron chi connectivity index (χ1n) is 13.3. The SMILES string of the molecule is Cc1cc(C(=O)O)c(-c2cc(C)c(-c3c(C(=O)O)cc(C)c(OCC4CO4)c3C)c(C)c2)c(C)c1OCC1CO1. The summed E-state index contributed by atoms with van der Waals surface area (Å²) in [5.74, 6) is -0.743. The Morgan fingerprint density at radius 3 is 1.48 bits per heavy atom. The molecule has 2 heterocycles. The van der Waals surface area contributed by atoms with E-state index in [-0.39, 0.29) is 23.3 Å². The summed E-state index contributed by atoms with van der Waals surface area (Å²) in [6.45, 7) is 13.4. The van der Waals surface area contributed by atoms with Crippen molar-refractivity contribution in [3.63, 3.8) is 0 Å². The van der Waals surface area contributed by atoms with Gasteiger partial charge in [-0.3, -0.25) is 0 Å². The fourth-order valence-electron chi connectivity index (χ4n) is 5.59. The molecule has 5 rings (SSSR count). The highest BCUT2D eigenvalue weighted by Crippen LogP contribution is 2.43. The third kappa shape index (κ3) is 5.29. The van der Waals surface area contributed by atoms with Gasteiger partial charge in [0.25, 0.3) is 0 Å². The van der Waals surface area contributed by atoms with Crippen molar-refractivity contribution in [2.45, 2.75) is 53.8 Å². The number of hydrogen-bond donors (Lipinski definition) is 2. The Balaban J connectivity index is 1.66. The Morgan fingerprint density at radius 2 is 1.07 bits per heavy atom. The average Bonchev–Trinajstić information content (AvgIpc) is 3.79. The molecule has 2 atom stereocenters. The zero-order chi connectivity index (χ0) is 28.9. The van der Waals surface area contributed by atoms with Crippen LogP contribution < -0.4 is 9.47 Å². The molecule has 2 saturated heterocycles. The quantitative estimate of drug-likeness (QED) is 0.305. The number of aromatic carboxylic acids is 2. The Bertz CT molecular complexity index is 1510. The molecule has 2 N–H and O–H groups in total. The zero-order valence-electron chi connectivity index (χ0n) is 23.6. The zero-order valence-corrected chi connectivity index (χ0v) is 23.6. The molecule has 210 valence electrons. The normalized spacial score (nSPS) is 17.4. The Hall–Kier alpha value is -3.88. The fraction of sp³-hybridized carbons (Fsp3) is 0.375. The molecule has 3 aromatic carbocycles. The minimum Gasteiger partial charge on any atom is -0.490 e.